The lowest BCUT2D eigenvalue weighted by atomic mass is 9.93. The zero-order valence-corrected chi connectivity index (χ0v) is 11.7. The first kappa shape index (κ1) is 14.3. The molecule has 2 rings (SSSR count). The maximum Gasteiger partial charge on any atom is 0.124 e. The van der Waals surface area contributed by atoms with Crippen LogP contribution in [-0.4, -0.2) is 33.0 Å². The molecule has 1 saturated heterocycles. The molecule has 0 aliphatic carbocycles. The second kappa shape index (κ2) is 6.89. The van der Waals surface area contributed by atoms with Crippen LogP contribution in [0.4, 0.5) is 0 Å². The van der Waals surface area contributed by atoms with E-state index in [0.29, 0.717) is 19.1 Å². The Hall–Kier alpha value is -1.10. The number of nitrogens with two attached hydrogens (primary N) is 1. The van der Waals surface area contributed by atoms with Crippen LogP contribution < -0.4 is 10.5 Å². The molecular weight excluding hydrogens is 242 g/mol. The van der Waals surface area contributed by atoms with Crippen molar-refractivity contribution in [2.75, 3.05) is 26.9 Å². The minimum atomic E-state index is -0.142. The van der Waals surface area contributed by atoms with Crippen LogP contribution >= 0.6 is 0 Å². The van der Waals surface area contributed by atoms with Crippen LogP contribution in [0, 0.1) is 5.92 Å². The fraction of sp³-hybridized carbons (Fsp3) is 0.600. The molecule has 1 aliphatic heterocycles. The van der Waals surface area contributed by atoms with Gasteiger partial charge >= 0.3 is 0 Å². The highest BCUT2D eigenvalue weighted by Gasteiger charge is 2.32. The van der Waals surface area contributed by atoms with E-state index in [9.17, 15) is 0 Å². The third-order valence-corrected chi connectivity index (χ3v) is 3.62. The van der Waals surface area contributed by atoms with E-state index in [0.717, 1.165) is 24.3 Å². The molecular formula is C15H23NO3. The third-order valence-electron chi connectivity index (χ3n) is 3.62. The number of ether oxygens (including phenoxy) is 3. The van der Waals surface area contributed by atoms with Gasteiger partial charge in [-0.05, 0) is 18.4 Å². The molecule has 2 N–H and O–H groups in total. The number of hydrogen-bond acceptors (Lipinski definition) is 4. The minimum absolute atomic E-state index is 0.0761. The van der Waals surface area contributed by atoms with Gasteiger partial charge in [-0.15, -0.1) is 0 Å². The van der Waals surface area contributed by atoms with E-state index in [1.807, 2.05) is 24.3 Å². The van der Waals surface area contributed by atoms with Crippen LogP contribution in [0.5, 0.6) is 5.75 Å². The fourth-order valence-electron chi connectivity index (χ4n) is 2.48. The summed E-state index contributed by atoms with van der Waals surface area (Å²) in [4.78, 5) is 0. The predicted octanol–water partition coefficient (Wildman–Crippen LogP) is 2.14. The second-order valence-electron chi connectivity index (χ2n) is 5.01. The standard InChI is InChI=1S/C15H23NO3/c1-11-7-8-19-15(11)14(16)12-5-3-4-6-13(12)18-10-9-17-2/h3-6,11,14-15H,7-10,16H2,1-2H3. The van der Waals surface area contributed by atoms with E-state index < -0.39 is 0 Å². The van der Waals surface area contributed by atoms with Crippen LogP contribution in [0.1, 0.15) is 24.9 Å². The van der Waals surface area contributed by atoms with Gasteiger partial charge in [0, 0.05) is 19.3 Å². The molecule has 1 heterocycles. The number of benzene rings is 1. The Balaban J connectivity index is 2.09. The van der Waals surface area contributed by atoms with Crippen molar-refractivity contribution in [2.45, 2.75) is 25.5 Å². The Kier molecular flexibility index (Phi) is 5.19. The van der Waals surface area contributed by atoms with Crippen molar-refractivity contribution in [1.29, 1.82) is 0 Å². The third kappa shape index (κ3) is 3.47. The molecule has 19 heavy (non-hydrogen) atoms. The predicted molar refractivity (Wildman–Crippen MR) is 74.3 cm³/mol. The molecule has 0 aromatic heterocycles. The average molecular weight is 265 g/mol. The molecule has 4 nitrogen and oxygen atoms in total. The summed E-state index contributed by atoms with van der Waals surface area (Å²) in [5.74, 6) is 1.32. The van der Waals surface area contributed by atoms with Gasteiger partial charge in [-0.2, -0.15) is 0 Å². The van der Waals surface area contributed by atoms with Crippen molar-refractivity contribution < 1.29 is 14.2 Å². The summed E-state index contributed by atoms with van der Waals surface area (Å²) in [6.07, 6.45) is 1.15. The highest BCUT2D eigenvalue weighted by atomic mass is 16.5. The molecule has 106 valence electrons. The van der Waals surface area contributed by atoms with Gasteiger partial charge < -0.3 is 19.9 Å². The quantitative estimate of drug-likeness (QED) is 0.801. The van der Waals surface area contributed by atoms with Gasteiger partial charge in [0.1, 0.15) is 12.4 Å². The van der Waals surface area contributed by atoms with Crippen molar-refractivity contribution in [2.24, 2.45) is 11.7 Å². The Morgan fingerprint density at radius 1 is 1.37 bits per heavy atom. The molecule has 1 aromatic carbocycles. The SMILES string of the molecule is COCCOc1ccccc1C(N)C1OCCC1C. The largest absolute Gasteiger partial charge is 0.491 e. The molecule has 0 spiro atoms. The summed E-state index contributed by atoms with van der Waals surface area (Å²) < 4.78 is 16.5. The molecule has 0 bridgehead atoms. The average Bonchev–Trinajstić information content (AvgIpc) is 2.85. The van der Waals surface area contributed by atoms with Crippen LogP contribution in [0.25, 0.3) is 0 Å². The summed E-state index contributed by atoms with van der Waals surface area (Å²) >= 11 is 0. The molecule has 4 heteroatoms. The van der Waals surface area contributed by atoms with Gasteiger partial charge in [0.25, 0.3) is 0 Å². The maximum absolute atomic E-state index is 6.36. The molecule has 3 atom stereocenters. The van der Waals surface area contributed by atoms with E-state index in [1.54, 1.807) is 7.11 Å². The van der Waals surface area contributed by atoms with E-state index in [2.05, 4.69) is 6.92 Å². The minimum Gasteiger partial charge on any atom is -0.491 e. The highest BCUT2D eigenvalue weighted by molar-refractivity contribution is 5.36. The topological polar surface area (TPSA) is 53.7 Å². The van der Waals surface area contributed by atoms with Crippen LogP contribution in [0.2, 0.25) is 0 Å². The van der Waals surface area contributed by atoms with Gasteiger partial charge in [0.2, 0.25) is 0 Å². The smallest absolute Gasteiger partial charge is 0.124 e. The molecule has 0 saturated carbocycles. The summed E-state index contributed by atoms with van der Waals surface area (Å²) in [6.45, 7) is 4.08. The Morgan fingerprint density at radius 3 is 2.84 bits per heavy atom. The fourth-order valence-corrected chi connectivity index (χ4v) is 2.48. The Bertz CT molecular complexity index is 397. The van der Waals surface area contributed by atoms with E-state index in [-0.39, 0.29) is 12.1 Å². The van der Waals surface area contributed by atoms with E-state index >= 15 is 0 Å². The van der Waals surface area contributed by atoms with Gasteiger partial charge in [-0.1, -0.05) is 25.1 Å². The first-order valence-corrected chi connectivity index (χ1v) is 6.82. The zero-order valence-electron chi connectivity index (χ0n) is 11.7. The molecule has 0 amide bonds. The summed E-state index contributed by atoms with van der Waals surface area (Å²) in [5.41, 5.74) is 7.37. The van der Waals surface area contributed by atoms with Gasteiger partial charge in [0.05, 0.1) is 18.8 Å². The lowest BCUT2D eigenvalue weighted by molar-refractivity contribution is 0.0711. The monoisotopic (exact) mass is 265 g/mol. The van der Waals surface area contributed by atoms with Gasteiger partial charge in [0.15, 0.2) is 0 Å². The summed E-state index contributed by atoms with van der Waals surface area (Å²) in [5, 5.41) is 0. The summed E-state index contributed by atoms with van der Waals surface area (Å²) in [7, 11) is 1.66. The van der Waals surface area contributed by atoms with Crippen LogP contribution in [0.15, 0.2) is 24.3 Å². The molecule has 0 radical (unpaired) electrons. The number of rotatable bonds is 6. The molecule has 1 aliphatic rings. The normalized spacial score (nSPS) is 24.4. The van der Waals surface area contributed by atoms with Crippen molar-refractivity contribution in [1.82, 2.24) is 0 Å². The van der Waals surface area contributed by atoms with E-state index in [1.165, 1.54) is 0 Å². The maximum atomic E-state index is 6.36. The van der Waals surface area contributed by atoms with Gasteiger partial charge in [-0.25, -0.2) is 0 Å². The van der Waals surface area contributed by atoms with Crippen molar-refractivity contribution >= 4 is 0 Å². The summed E-state index contributed by atoms with van der Waals surface area (Å²) in [6, 6.07) is 7.76. The van der Waals surface area contributed by atoms with Crippen LogP contribution in [0.3, 0.4) is 0 Å². The lowest BCUT2D eigenvalue weighted by Gasteiger charge is -2.24. The van der Waals surface area contributed by atoms with E-state index in [4.69, 9.17) is 19.9 Å². The molecule has 3 unspecified atom stereocenters. The number of hydrogen-bond donors (Lipinski definition) is 1. The Morgan fingerprint density at radius 2 is 2.16 bits per heavy atom. The van der Waals surface area contributed by atoms with Crippen molar-refractivity contribution in [3.8, 4) is 5.75 Å². The Labute approximate surface area is 114 Å². The van der Waals surface area contributed by atoms with Crippen LogP contribution in [-0.2, 0) is 9.47 Å². The number of para-hydroxylation sites is 1. The molecule has 1 fully saturated rings. The lowest BCUT2D eigenvalue weighted by Crippen LogP contribution is -2.30. The van der Waals surface area contributed by atoms with Gasteiger partial charge in [-0.3, -0.25) is 0 Å². The van der Waals surface area contributed by atoms with Crippen molar-refractivity contribution in [3.63, 3.8) is 0 Å². The highest BCUT2D eigenvalue weighted by Crippen LogP contribution is 2.33. The van der Waals surface area contributed by atoms with Crippen molar-refractivity contribution in [3.05, 3.63) is 29.8 Å². The second-order valence-corrected chi connectivity index (χ2v) is 5.01. The molecule has 1 aromatic rings. The first-order valence-electron chi connectivity index (χ1n) is 6.82. The zero-order chi connectivity index (χ0) is 13.7. The first-order chi connectivity index (χ1) is 9.24. The number of methoxy groups -OCH3 is 1.